The van der Waals surface area contributed by atoms with Crippen molar-refractivity contribution in [3.8, 4) is 6.07 Å². The van der Waals surface area contributed by atoms with E-state index >= 15 is 0 Å². The van der Waals surface area contributed by atoms with E-state index in [1.165, 1.54) is 5.56 Å². The second-order valence-corrected chi connectivity index (χ2v) is 4.79. The molecule has 0 amide bonds. The van der Waals surface area contributed by atoms with Crippen LogP contribution in [0.5, 0.6) is 0 Å². The van der Waals surface area contributed by atoms with Gasteiger partial charge >= 0.3 is 0 Å². The normalized spacial score (nSPS) is 21.4. The highest BCUT2D eigenvalue weighted by Crippen LogP contribution is 2.30. The molecule has 0 saturated carbocycles. The van der Waals surface area contributed by atoms with Crippen LogP contribution in [0.2, 0.25) is 0 Å². The molecule has 1 aliphatic rings. The van der Waals surface area contributed by atoms with Crippen molar-refractivity contribution in [3.63, 3.8) is 0 Å². The predicted molar refractivity (Wildman–Crippen MR) is 76.1 cm³/mol. The van der Waals surface area contributed by atoms with E-state index in [4.69, 9.17) is 10.00 Å². The number of nitrogens with one attached hydrogen (secondary N) is 1. The lowest BCUT2D eigenvalue weighted by molar-refractivity contribution is 0.107. The fourth-order valence-corrected chi connectivity index (χ4v) is 2.44. The third-order valence-electron chi connectivity index (χ3n) is 3.45. The van der Waals surface area contributed by atoms with Gasteiger partial charge in [0.05, 0.1) is 11.6 Å². The van der Waals surface area contributed by atoms with Gasteiger partial charge < -0.3 is 10.1 Å². The van der Waals surface area contributed by atoms with E-state index in [1.807, 2.05) is 24.3 Å². The number of nitriles is 1. The van der Waals surface area contributed by atoms with Crippen molar-refractivity contribution < 1.29 is 4.74 Å². The summed E-state index contributed by atoms with van der Waals surface area (Å²) in [6.07, 6.45) is 2.57. The van der Waals surface area contributed by atoms with Crippen molar-refractivity contribution >= 4 is 5.82 Å². The van der Waals surface area contributed by atoms with Gasteiger partial charge in [0.2, 0.25) is 0 Å². The number of hydrogen-bond acceptors (Lipinski definition) is 4. The molecule has 4 nitrogen and oxygen atoms in total. The van der Waals surface area contributed by atoms with Gasteiger partial charge in [-0.05, 0) is 24.1 Å². The molecule has 1 aromatic carbocycles. The van der Waals surface area contributed by atoms with E-state index in [9.17, 15) is 0 Å². The average molecular weight is 265 g/mol. The maximum atomic E-state index is 8.77. The summed E-state index contributed by atoms with van der Waals surface area (Å²) in [5.74, 6) is 0.778. The highest BCUT2D eigenvalue weighted by Gasteiger charge is 2.29. The van der Waals surface area contributed by atoms with Crippen molar-refractivity contribution in [3.05, 3.63) is 59.8 Å². The first-order valence-electron chi connectivity index (χ1n) is 6.66. The molecule has 1 aromatic heterocycles. The Labute approximate surface area is 118 Å². The molecular formula is C16H15N3O. The van der Waals surface area contributed by atoms with Crippen LogP contribution in [-0.2, 0) is 4.74 Å². The molecule has 0 aliphatic carbocycles. The summed E-state index contributed by atoms with van der Waals surface area (Å²) in [4.78, 5) is 4.25. The van der Waals surface area contributed by atoms with Crippen LogP contribution in [-0.4, -0.2) is 17.6 Å². The van der Waals surface area contributed by atoms with Gasteiger partial charge in [-0.2, -0.15) is 5.26 Å². The number of rotatable bonds is 3. The molecular weight excluding hydrogens is 250 g/mol. The zero-order valence-electron chi connectivity index (χ0n) is 11.0. The van der Waals surface area contributed by atoms with Crippen LogP contribution >= 0.6 is 0 Å². The first-order valence-corrected chi connectivity index (χ1v) is 6.66. The molecule has 2 heterocycles. The van der Waals surface area contributed by atoms with Crippen LogP contribution in [0.15, 0.2) is 48.7 Å². The Morgan fingerprint density at radius 2 is 2.05 bits per heavy atom. The Hall–Kier alpha value is -2.38. The molecule has 4 heteroatoms. The number of pyridine rings is 1. The quantitative estimate of drug-likeness (QED) is 0.927. The Morgan fingerprint density at radius 1 is 1.20 bits per heavy atom. The Balaban J connectivity index is 1.74. The molecule has 1 saturated heterocycles. The third kappa shape index (κ3) is 2.63. The summed E-state index contributed by atoms with van der Waals surface area (Å²) < 4.78 is 5.83. The first kappa shape index (κ1) is 12.6. The molecule has 0 unspecified atom stereocenters. The van der Waals surface area contributed by atoms with Crippen LogP contribution < -0.4 is 5.32 Å². The Morgan fingerprint density at radius 3 is 2.75 bits per heavy atom. The molecule has 2 aromatic rings. The first-order chi connectivity index (χ1) is 9.86. The van der Waals surface area contributed by atoms with Crippen LogP contribution in [0.3, 0.4) is 0 Å². The van der Waals surface area contributed by atoms with Crippen LogP contribution in [0.1, 0.15) is 23.7 Å². The zero-order valence-corrected chi connectivity index (χ0v) is 11.0. The molecule has 0 spiro atoms. The SMILES string of the molecule is N#Cc1ccc(N[C@H]2CCO[C@@H]2c2ccccc2)nc1. The highest BCUT2D eigenvalue weighted by molar-refractivity contribution is 5.41. The van der Waals surface area contributed by atoms with Crippen molar-refractivity contribution in [1.82, 2.24) is 4.98 Å². The van der Waals surface area contributed by atoms with Gasteiger partial charge in [0.1, 0.15) is 18.0 Å². The Bertz CT molecular complexity index is 604. The molecule has 100 valence electrons. The lowest BCUT2D eigenvalue weighted by Crippen LogP contribution is -2.23. The molecule has 20 heavy (non-hydrogen) atoms. The lowest BCUT2D eigenvalue weighted by atomic mass is 10.0. The van der Waals surface area contributed by atoms with Gasteiger partial charge in [0.15, 0.2) is 0 Å². The van der Waals surface area contributed by atoms with Gasteiger partial charge in [-0.1, -0.05) is 30.3 Å². The molecule has 1 aliphatic heterocycles. The monoisotopic (exact) mass is 265 g/mol. The van der Waals surface area contributed by atoms with E-state index < -0.39 is 0 Å². The summed E-state index contributed by atoms with van der Waals surface area (Å²) in [5, 5.41) is 12.2. The minimum atomic E-state index is 0.0497. The smallest absolute Gasteiger partial charge is 0.126 e. The van der Waals surface area contributed by atoms with Gasteiger partial charge in [0.25, 0.3) is 0 Å². The number of benzene rings is 1. The van der Waals surface area contributed by atoms with E-state index in [0.717, 1.165) is 18.8 Å². The standard InChI is InChI=1S/C16H15N3O/c17-10-12-6-7-15(18-11-12)19-14-8-9-20-16(14)13-4-2-1-3-5-13/h1-7,11,14,16H,8-9H2,(H,18,19)/t14-,16+/m0/s1. The second kappa shape index (κ2) is 5.72. The van der Waals surface area contributed by atoms with Gasteiger partial charge in [0, 0.05) is 12.8 Å². The van der Waals surface area contributed by atoms with Gasteiger partial charge in [-0.3, -0.25) is 0 Å². The molecule has 0 bridgehead atoms. The maximum Gasteiger partial charge on any atom is 0.126 e. The number of hydrogen-bond donors (Lipinski definition) is 1. The minimum Gasteiger partial charge on any atom is -0.371 e. The predicted octanol–water partition coefficient (Wildman–Crippen LogP) is 2.90. The number of ether oxygens (including phenoxy) is 1. The second-order valence-electron chi connectivity index (χ2n) is 4.79. The molecule has 2 atom stereocenters. The summed E-state index contributed by atoms with van der Waals surface area (Å²) in [6, 6.07) is 16.1. The van der Waals surface area contributed by atoms with Crippen LogP contribution in [0.4, 0.5) is 5.82 Å². The summed E-state index contributed by atoms with van der Waals surface area (Å²) in [7, 11) is 0. The van der Waals surface area contributed by atoms with Crippen molar-refractivity contribution in [2.75, 3.05) is 11.9 Å². The van der Waals surface area contributed by atoms with Gasteiger partial charge in [-0.15, -0.1) is 0 Å². The largest absolute Gasteiger partial charge is 0.371 e. The zero-order chi connectivity index (χ0) is 13.8. The van der Waals surface area contributed by atoms with Crippen molar-refractivity contribution in [1.29, 1.82) is 5.26 Å². The highest BCUT2D eigenvalue weighted by atomic mass is 16.5. The molecule has 1 N–H and O–H groups in total. The molecule has 1 fully saturated rings. The summed E-state index contributed by atoms with van der Waals surface area (Å²) >= 11 is 0. The lowest BCUT2D eigenvalue weighted by Gasteiger charge is -2.20. The number of anilines is 1. The van der Waals surface area contributed by atoms with Crippen molar-refractivity contribution in [2.24, 2.45) is 0 Å². The summed E-state index contributed by atoms with van der Waals surface area (Å²) in [6.45, 7) is 0.744. The maximum absolute atomic E-state index is 8.77. The number of aromatic nitrogens is 1. The van der Waals surface area contributed by atoms with E-state index in [0.29, 0.717) is 5.56 Å². The average Bonchev–Trinajstić information content (AvgIpc) is 2.97. The minimum absolute atomic E-state index is 0.0497. The fraction of sp³-hybridized carbons (Fsp3) is 0.250. The van der Waals surface area contributed by atoms with Crippen LogP contribution in [0.25, 0.3) is 0 Å². The molecule has 0 radical (unpaired) electrons. The topological polar surface area (TPSA) is 57.9 Å². The fourth-order valence-electron chi connectivity index (χ4n) is 2.44. The Kier molecular flexibility index (Phi) is 3.62. The number of nitrogens with zero attached hydrogens (tertiary/aromatic N) is 2. The third-order valence-corrected chi connectivity index (χ3v) is 3.45. The summed E-state index contributed by atoms with van der Waals surface area (Å²) in [5.41, 5.74) is 1.74. The van der Waals surface area contributed by atoms with Crippen molar-refractivity contribution in [2.45, 2.75) is 18.6 Å². The van der Waals surface area contributed by atoms with Gasteiger partial charge in [-0.25, -0.2) is 4.98 Å². The van der Waals surface area contributed by atoms with E-state index in [1.54, 1.807) is 12.3 Å². The van der Waals surface area contributed by atoms with E-state index in [-0.39, 0.29) is 12.1 Å². The van der Waals surface area contributed by atoms with Crippen LogP contribution in [0, 0.1) is 11.3 Å². The molecule has 3 rings (SSSR count). The van der Waals surface area contributed by atoms with E-state index in [2.05, 4.69) is 28.5 Å².